The molecule has 1 spiro atoms. The molecule has 1 N–H and O–H groups in total. The van der Waals surface area contributed by atoms with Crippen LogP contribution in [-0.2, 0) is 14.8 Å². The van der Waals surface area contributed by atoms with E-state index in [9.17, 15) is 23.1 Å². The van der Waals surface area contributed by atoms with E-state index >= 15 is 0 Å². The predicted octanol–water partition coefficient (Wildman–Crippen LogP) is 1.47. The smallest absolute Gasteiger partial charge is 0.308 e. The first-order valence-electron chi connectivity index (χ1n) is 8.45. The van der Waals surface area contributed by atoms with Crippen LogP contribution in [0.2, 0.25) is 0 Å². The van der Waals surface area contributed by atoms with Crippen LogP contribution in [0.5, 0.6) is 0 Å². The molecule has 1 amide bonds. The van der Waals surface area contributed by atoms with E-state index in [1.54, 1.807) is 5.38 Å². The number of carboxylic acid groups (broad SMARTS) is 1. The molecule has 3 aliphatic rings. The van der Waals surface area contributed by atoms with E-state index in [-0.39, 0.29) is 27.6 Å². The van der Waals surface area contributed by atoms with Crippen LogP contribution in [0.3, 0.4) is 0 Å². The van der Waals surface area contributed by atoms with E-state index in [1.807, 2.05) is 0 Å². The van der Waals surface area contributed by atoms with Gasteiger partial charge in [-0.3, -0.25) is 9.59 Å². The summed E-state index contributed by atoms with van der Waals surface area (Å²) in [6.07, 6.45) is 3.30. The van der Waals surface area contributed by atoms with Crippen LogP contribution >= 0.6 is 11.3 Å². The van der Waals surface area contributed by atoms with Gasteiger partial charge in [0.05, 0.1) is 5.92 Å². The Kier molecular flexibility index (Phi) is 3.93. The Balaban J connectivity index is 1.60. The predicted molar refractivity (Wildman–Crippen MR) is 91.0 cm³/mol. The van der Waals surface area contributed by atoms with Crippen molar-refractivity contribution in [1.82, 2.24) is 9.21 Å². The summed E-state index contributed by atoms with van der Waals surface area (Å²) < 4.78 is 27.1. The van der Waals surface area contributed by atoms with Crippen molar-refractivity contribution in [1.29, 1.82) is 0 Å². The van der Waals surface area contributed by atoms with E-state index in [0.29, 0.717) is 19.6 Å². The zero-order valence-electron chi connectivity index (χ0n) is 13.7. The Morgan fingerprint density at radius 1 is 1.24 bits per heavy atom. The number of nitrogens with zero attached hydrogens (tertiary/aromatic N) is 2. The summed E-state index contributed by atoms with van der Waals surface area (Å²) in [5.41, 5.74) is -0.299. The molecule has 1 aliphatic carbocycles. The van der Waals surface area contributed by atoms with Gasteiger partial charge in [0, 0.05) is 31.6 Å². The number of hydrogen-bond donors (Lipinski definition) is 1. The Labute approximate surface area is 150 Å². The normalized spacial score (nSPS) is 25.6. The molecule has 2 aliphatic heterocycles. The number of aliphatic carboxylic acids is 1. The summed E-state index contributed by atoms with van der Waals surface area (Å²) in [7, 11) is -3.66. The maximum Gasteiger partial charge on any atom is 0.308 e. The van der Waals surface area contributed by atoms with Crippen molar-refractivity contribution in [2.45, 2.75) is 30.6 Å². The molecular formula is C16H20N2O5S2. The molecule has 1 unspecified atom stereocenters. The third kappa shape index (κ3) is 2.69. The van der Waals surface area contributed by atoms with Gasteiger partial charge in [0.15, 0.2) is 0 Å². The zero-order valence-corrected chi connectivity index (χ0v) is 15.3. The Morgan fingerprint density at radius 3 is 2.48 bits per heavy atom. The largest absolute Gasteiger partial charge is 0.481 e. The molecule has 0 aromatic carbocycles. The summed E-state index contributed by atoms with van der Waals surface area (Å²) >= 11 is 1.12. The topological polar surface area (TPSA) is 95.0 Å². The van der Waals surface area contributed by atoms with Gasteiger partial charge in [0.1, 0.15) is 9.77 Å². The summed E-state index contributed by atoms with van der Waals surface area (Å²) in [5, 5.41) is 11.0. The fourth-order valence-corrected chi connectivity index (χ4v) is 6.88. The molecule has 7 nitrogen and oxygen atoms in total. The number of sulfonamides is 1. The van der Waals surface area contributed by atoms with E-state index in [4.69, 9.17) is 0 Å². The Hall–Kier alpha value is -1.45. The minimum absolute atomic E-state index is 0.0630. The van der Waals surface area contributed by atoms with Gasteiger partial charge in [-0.25, -0.2) is 8.42 Å². The minimum Gasteiger partial charge on any atom is -0.481 e. The summed E-state index contributed by atoms with van der Waals surface area (Å²) in [5.74, 6) is -1.78. The Bertz CT molecular complexity index is 821. The van der Waals surface area contributed by atoms with Gasteiger partial charge >= 0.3 is 5.97 Å². The number of carbonyl (C=O) groups excluding carboxylic acids is 1. The van der Waals surface area contributed by atoms with Crippen molar-refractivity contribution in [2.24, 2.45) is 11.3 Å². The maximum absolute atomic E-state index is 12.9. The number of carbonyl (C=O) groups is 2. The molecule has 25 heavy (non-hydrogen) atoms. The molecule has 1 atom stereocenters. The first-order valence-corrected chi connectivity index (χ1v) is 10.8. The quantitative estimate of drug-likeness (QED) is 0.848. The Morgan fingerprint density at radius 2 is 1.92 bits per heavy atom. The third-order valence-electron chi connectivity index (χ3n) is 5.63. The van der Waals surface area contributed by atoms with E-state index in [2.05, 4.69) is 0 Å². The molecule has 1 aromatic rings. The monoisotopic (exact) mass is 384 g/mol. The summed E-state index contributed by atoms with van der Waals surface area (Å²) in [6.45, 7) is 1.54. The van der Waals surface area contributed by atoms with Gasteiger partial charge in [-0.05, 0) is 37.1 Å². The van der Waals surface area contributed by atoms with Crippen LogP contribution in [0.4, 0.5) is 0 Å². The lowest BCUT2D eigenvalue weighted by molar-refractivity contribution is -0.142. The molecular weight excluding hydrogens is 364 g/mol. The van der Waals surface area contributed by atoms with Gasteiger partial charge in [0.2, 0.25) is 10.0 Å². The van der Waals surface area contributed by atoms with Crippen LogP contribution < -0.4 is 0 Å². The molecule has 3 heterocycles. The molecule has 3 fully saturated rings. The number of likely N-dealkylation sites (tertiary alicyclic amines) is 1. The molecule has 1 aromatic heterocycles. The fraction of sp³-hybridized carbons (Fsp3) is 0.625. The average Bonchev–Trinajstić information content (AvgIpc) is 3.04. The number of carboxylic acids is 1. The van der Waals surface area contributed by atoms with Crippen LogP contribution in [0, 0.1) is 11.3 Å². The lowest BCUT2D eigenvalue weighted by Crippen LogP contribution is -2.32. The maximum atomic E-state index is 12.9. The van der Waals surface area contributed by atoms with Gasteiger partial charge < -0.3 is 10.0 Å². The number of amides is 1. The minimum atomic E-state index is -3.66. The first kappa shape index (κ1) is 17.0. The summed E-state index contributed by atoms with van der Waals surface area (Å²) in [6, 6.07) is 1.49. The number of rotatable bonds is 4. The molecule has 4 rings (SSSR count). The molecule has 2 saturated heterocycles. The molecule has 0 radical (unpaired) electrons. The second-order valence-corrected chi connectivity index (χ2v) is 9.99. The lowest BCUT2D eigenvalue weighted by atomic mass is 9.93. The second-order valence-electron chi connectivity index (χ2n) is 7.16. The van der Waals surface area contributed by atoms with Crippen LogP contribution in [0.1, 0.15) is 35.4 Å². The van der Waals surface area contributed by atoms with Crippen molar-refractivity contribution in [3.05, 3.63) is 16.3 Å². The second kappa shape index (κ2) is 5.78. The van der Waals surface area contributed by atoms with E-state index in [1.165, 1.54) is 15.3 Å². The number of hydrogen-bond acceptors (Lipinski definition) is 5. The van der Waals surface area contributed by atoms with Crippen LogP contribution in [0.25, 0.3) is 0 Å². The van der Waals surface area contributed by atoms with Crippen molar-refractivity contribution in [2.75, 3.05) is 26.2 Å². The van der Waals surface area contributed by atoms with Crippen LogP contribution in [0.15, 0.2) is 16.3 Å². The van der Waals surface area contributed by atoms with Gasteiger partial charge in [0.25, 0.3) is 5.91 Å². The SMILES string of the molecule is O=C(O)C1CN(C(=O)c2sccc2S(=O)(=O)N2CCCC2)CC12CC2. The van der Waals surface area contributed by atoms with Gasteiger partial charge in [-0.15, -0.1) is 11.3 Å². The molecule has 136 valence electrons. The fourth-order valence-electron chi connectivity index (χ4n) is 4.00. The van der Waals surface area contributed by atoms with Gasteiger partial charge in [-0.1, -0.05) is 0 Å². The van der Waals surface area contributed by atoms with Crippen molar-refractivity contribution >= 4 is 33.2 Å². The van der Waals surface area contributed by atoms with Gasteiger partial charge in [-0.2, -0.15) is 4.31 Å². The number of thiophene rings is 1. The highest BCUT2D eigenvalue weighted by Crippen LogP contribution is 2.56. The molecule has 0 bridgehead atoms. The lowest BCUT2D eigenvalue weighted by Gasteiger charge is -2.19. The van der Waals surface area contributed by atoms with E-state index < -0.39 is 21.9 Å². The highest BCUT2D eigenvalue weighted by molar-refractivity contribution is 7.89. The standard InChI is InChI=1S/C16H20N2O5S2/c19-14(17-9-11(15(20)21)16(10-17)4-5-16)13-12(3-8-24-13)25(22,23)18-6-1-2-7-18/h3,8,11H,1-2,4-7,9-10H2,(H,20,21). The highest BCUT2D eigenvalue weighted by Gasteiger charge is 2.59. The van der Waals surface area contributed by atoms with E-state index in [0.717, 1.165) is 37.0 Å². The average molecular weight is 384 g/mol. The van der Waals surface area contributed by atoms with Crippen molar-refractivity contribution in [3.8, 4) is 0 Å². The molecule has 1 saturated carbocycles. The summed E-state index contributed by atoms with van der Waals surface area (Å²) in [4.78, 5) is 26.2. The van der Waals surface area contributed by atoms with Crippen LogP contribution in [-0.4, -0.2) is 60.8 Å². The zero-order chi connectivity index (χ0) is 17.8. The third-order valence-corrected chi connectivity index (χ3v) is 8.60. The molecule has 9 heteroatoms. The first-order chi connectivity index (χ1) is 11.8. The van der Waals surface area contributed by atoms with Crippen molar-refractivity contribution < 1.29 is 23.1 Å². The highest BCUT2D eigenvalue weighted by atomic mass is 32.2. The van der Waals surface area contributed by atoms with Crippen molar-refractivity contribution in [3.63, 3.8) is 0 Å².